The number of hydrogen-bond acceptors (Lipinski definition) is 5. The number of phenols is 1. The standard InChI is InChI=1S/C17H19N3O5S/c1-12(21)20-14-5-7-16(8-6-14)26(24,25)19-10-9-18-17(23)13-3-2-4-15(22)11-13/h2-8,11,19,22H,9-10H2,1H3,(H,18,23)(H,20,21). The van der Waals surface area contributed by atoms with Crippen molar-refractivity contribution >= 4 is 27.5 Å². The number of phenolic OH excluding ortho intramolecular Hbond substituents is 1. The number of benzene rings is 2. The van der Waals surface area contributed by atoms with E-state index in [0.717, 1.165) is 0 Å². The van der Waals surface area contributed by atoms with Gasteiger partial charge in [-0.1, -0.05) is 6.07 Å². The van der Waals surface area contributed by atoms with Gasteiger partial charge in [-0.2, -0.15) is 0 Å². The van der Waals surface area contributed by atoms with Gasteiger partial charge in [0.25, 0.3) is 5.91 Å². The molecule has 0 spiro atoms. The first kappa shape index (κ1) is 19.4. The van der Waals surface area contributed by atoms with Crippen molar-refractivity contribution < 1.29 is 23.1 Å². The summed E-state index contributed by atoms with van der Waals surface area (Å²) in [4.78, 5) is 22.9. The van der Waals surface area contributed by atoms with Gasteiger partial charge in [0.05, 0.1) is 4.90 Å². The van der Waals surface area contributed by atoms with E-state index in [1.807, 2.05) is 0 Å². The second-order valence-corrected chi connectivity index (χ2v) is 7.18. The molecular formula is C17H19N3O5S. The average molecular weight is 377 g/mol. The molecule has 0 radical (unpaired) electrons. The van der Waals surface area contributed by atoms with Crippen LogP contribution in [0.2, 0.25) is 0 Å². The summed E-state index contributed by atoms with van der Waals surface area (Å²) in [6.45, 7) is 1.44. The maximum Gasteiger partial charge on any atom is 0.251 e. The van der Waals surface area contributed by atoms with Crippen LogP contribution in [-0.2, 0) is 14.8 Å². The van der Waals surface area contributed by atoms with Gasteiger partial charge in [0.15, 0.2) is 0 Å². The van der Waals surface area contributed by atoms with Gasteiger partial charge in [-0.3, -0.25) is 9.59 Å². The molecule has 0 aliphatic carbocycles. The molecule has 2 rings (SSSR count). The third-order valence-corrected chi connectivity index (χ3v) is 4.77. The highest BCUT2D eigenvalue weighted by Crippen LogP contribution is 2.14. The molecule has 4 N–H and O–H groups in total. The second kappa shape index (κ2) is 8.45. The van der Waals surface area contributed by atoms with E-state index in [-0.39, 0.29) is 35.2 Å². The van der Waals surface area contributed by atoms with E-state index in [2.05, 4.69) is 15.4 Å². The zero-order chi connectivity index (χ0) is 19.2. The Balaban J connectivity index is 1.86. The molecular weight excluding hydrogens is 358 g/mol. The Morgan fingerprint density at radius 2 is 1.73 bits per heavy atom. The first-order valence-electron chi connectivity index (χ1n) is 7.72. The lowest BCUT2D eigenvalue weighted by Crippen LogP contribution is -2.34. The highest BCUT2D eigenvalue weighted by atomic mass is 32.2. The summed E-state index contributed by atoms with van der Waals surface area (Å²) >= 11 is 0. The predicted molar refractivity (Wildman–Crippen MR) is 96.4 cm³/mol. The van der Waals surface area contributed by atoms with Crippen LogP contribution in [0.25, 0.3) is 0 Å². The van der Waals surface area contributed by atoms with E-state index < -0.39 is 15.9 Å². The smallest absolute Gasteiger partial charge is 0.251 e. The molecule has 0 heterocycles. The summed E-state index contributed by atoms with van der Waals surface area (Å²) in [7, 11) is -3.73. The van der Waals surface area contributed by atoms with Crippen molar-refractivity contribution in [3.63, 3.8) is 0 Å². The van der Waals surface area contributed by atoms with Crippen LogP contribution in [0.4, 0.5) is 5.69 Å². The van der Waals surface area contributed by atoms with Crippen LogP contribution in [0.5, 0.6) is 5.75 Å². The molecule has 0 saturated heterocycles. The maximum atomic E-state index is 12.2. The van der Waals surface area contributed by atoms with Gasteiger partial charge in [0.1, 0.15) is 5.75 Å². The molecule has 0 aliphatic rings. The maximum absolute atomic E-state index is 12.2. The SMILES string of the molecule is CC(=O)Nc1ccc(S(=O)(=O)NCCNC(=O)c2cccc(O)c2)cc1. The van der Waals surface area contributed by atoms with Crippen molar-refractivity contribution in [1.82, 2.24) is 10.0 Å². The molecule has 2 aromatic carbocycles. The Hall–Kier alpha value is -2.91. The van der Waals surface area contributed by atoms with Crippen molar-refractivity contribution in [3.8, 4) is 5.75 Å². The van der Waals surface area contributed by atoms with E-state index in [0.29, 0.717) is 5.69 Å². The average Bonchev–Trinajstić information content (AvgIpc) is 2.58. The normalized spacial score (nSPS) is 11.0. The summed E-state index contributed by atoms with van der Waals surface area (Å²) in [5.41, 5.74) is 0.774. The van der Waals surface area contributed by atoms with Crippen molar-refractivity contribution in [2.24, 2.45) is 0 Å². The fraction of sp³-hybridized carbons (Fsp3) is 0.176. The van der Waals surface area contributed by atoms with E-state index in [9.17, 15) is 23.1 Å². The van der Waals surface area contributed by atoms with Crippen LogP contribution in [-0.4, -0.2) is 38.4 Å². The van der Waals surface area contributed by atoms with Crippen LogP contribution < -0.4 is 15.4 Å². The third-order valence-electron chi connectivity index (χ3n) is 3.30. The lowest BCUT2D eigenvalue weighted by molar-refractivity contribution is -0.114. The molecule has 2 aromatic rings. The molecule has 0 aliphatic heterocycles. The highest BCUT2D eigenvalue weighted by Gasteiger charge is 2.13. The molecule has 26 heavy (non-hydrogen) atoms. The highest BCUT2D eigenvalue weighted by molar-refractivity contribution is 7.89. The zero-order valence-electron chi connectivity index (χ0n) is 14.0. The fourth-order valence-corrected chi connectivity index (χ4v) is 3.15. The van der Waals surface area contributed by atoms with Gasteiger partial charge in [-0.15, -0.1) is 0 Å². The van der Waals surface area contributed by atoms with Gasteiger partial charge in [-0.05, 0) is 42.5 Å². The third kappa shape index (κ3) is 5.57. The minimum atomic E-state index is -3.73. The molecule has 2 amide bonds. The first-order valence-corrected chi connectivity index (χ1v) is 9.21. The van der Waals surface area contributed by atoms with Gasteiger partial charge < -0.3 is 15.7 Å². The Bertz CT molecular complexity index is 895. The largest absolute Gasteiger partial charge is 0.508 e. The number of hydrogen-bond donors (Lipinski definition) is 4. The molecule has 8 nitrogen and oxygen atoms in total. The Kier molecular flexibility index (Phi) is 6.31. The molecule has 0 fully saturated rings. The topological polar surface area (TPSA) is 125 Å². The number of nitrogens with one attached hydrogen (secondary N) is 3. The molecule has 0 unspecified atom stereocenters. The van der Waals surface area contributed by atoms with Gasteiger partial charge in [0, 0.05) is 31.3 Å². The Morgan fingerprint density at radius 1 is 1.04 bits per heavy atom. The fourth-order valence-electron chi connectivity index (χ4n) is 2.11. The molecule has 0 saturated carbocycles. The lowest BCUT2D eigenvalue weighted by atomic mass is 10.2. The number of sulfonamides is 1. The van der Waals surface area contributed by atoms with Crippen LogP contribution in [0, 0.1) is 0 Å². The summed E-state index contributed by atoms with van der Waals surface area (Å²) in [5, 5.41) is 14.4. The quantitative estimate of drug-likeness (QED) is 0.537. The van der Waals surface area contributed by atoms with E-state index in [1.165, 1.54) is 55.5 Å². The molecule has 0 aromatic heterocycles. The number of carbonyl (C=O) groups is 2. The van der Waals surface area contributed by atoms with Crippen LogP contribution in [0.1, 0.15) is 17.3 Å². The van der Waals surface area contributed by atoms with E-state index in [4.69, 9.17) is 0 Å². The van der Waals surface area contributed by atoms with Crippen molar-refractivity contribution in [2.45, 2.75) is 11.8 Å². The summed E-state index contributed by atoms with van der Waals surface area (Å²) < 4.78 is 26.7. The van der Waals surface area contributed by atoms with Gasteiger partial charge >= 0.3 is 0 Å². The number of rotatable bonds is 7. The van der Waals surface area contributed by atoms with Gasteiger partial charge in [0.2, 0.25) is 15.9 Å². The van der Waals surface area contributed by atoms with Crippen LogP contribution in [0.15, 0.2) is 53.4 Å². The van der Waals surface area contributed by atoms with Crippen molar-refractivity contribution in [2.75, 3.05) is 18.4 Å². The van der Waals surface area contributed by atoms with E-state index >= 15 is 0 Å². The first-order chi connectivity index (χ1) is 12.3. The van der Waals surface area contributed by atoms with Crippen LogP contribution >= 0.6 is 0 Å². The van der Waals surface area contributed by atoms with Crippen molar-refractivity contribution in [1.29, 1.82) is 0 Å². The number of carbonyl (C=O) groups excluding carboxylic acids is 2. The Morgan fingerprint density at radius 3 is 2.35 bits per heavy atom. The molecule has 0 bridgehead atoms. The Labute approximate surface area is 151 Å². The number of amides is 2. The minimum Gasteiger partial charge on any atom is -0.508 e. The monoisotopic (exact) mass is 377 g/mol. The molecule has 0 atom stereocenters. The van der Waals surface area contributed by atoms with E-state index in [1.54, 1.807) is 0 Å². The number of aromatic hydroxyl groups is 1. The zero-order valence-corrected chi connectivity index (χ0v) is 14.8. The predicted octanol–water partition coefficient (Wildman–Crippen LogP) is 1.06. The summed E-state index contributed by atoms with van der Waals surface area (Å²) in [6, 6.07) is 11.6. The molecule has 138 valence electrons. The lowest BCUT2D eigenvalue weighted by Gasteiger charge is -2.09. The van der Waals surface area contributed by atoms with Crippen molar-refractivity contribution in [3.05, 3.63) is 54.1 Å². The molecule has 9 heteroatoms. The number of anilines is 1. The van der Waals surface area contributed by atoms with Crippen LogP contribution in [0.3, 0.4) is 0 Å². The summed E-state index contributed by atoms with van der Waals surface area (Å²) in [5.74, 6) is -0.693. The second-order valence-electron chi connectivity index (χ2n) is 5.41. The summed E-state index contributed by atoms with van der Waals surface area (Å²) in [6.07, 6.45) is 0. The minimum absolute atomic E-state index is 0.000334. The van der Waals surface area contributed by atoms with Gasteiger partial charge in [-0.25, -0.2) is 13.1 Å².